The monoisotopic (exact) mass is 478 g/mol. The van der Waals surface area contributed by atoms with Gasteiger partial charge in [0.1, 0.15) is 0 Å². The Kier molecular flexibility index (Phi) is 6.99. The average molecular weight is 479 g/mol. The minimum Gasteiger partial charge on any atom is -0.462 e. The summed E-state index contributed by atoms with van der Waals surface area (Å²) in [5.74, 6) is -0.566. The van der Waals surface area contributed by atoms with Gasteiger partial charge in [0.05, 0.1) is 17.9 Å². The number of nitrogens with one attached hydrogen (secondary N) is 1. The van der Waals surface area contributed by atoms with Crippen molar-refractivity contribution in [2.45, 2.75) is 39.0 Å². The SMILES string of the molecule is CCOC(=O)c1ccc(NC(=O)c2ccc(-n3c(-c4ccccc4)cc4c3CCCCC4)cc2)cc1. The van der Waals surface area contributed by atoms with Crippen LogP contribution in [-0.4, -0.2) is 23.1 Å². The van der Waals surface area contributed by atoms with Gasteiger partial charge >= 0.3 is 5.97 Å². The first kappa shape index (κ1) is 23.6. The molecule has 4 aromatic rings. The summed E-state index contributed by atoms with van der Waals surface area (Å²) >= 11 is 0. The van der Waals surface area contributed by atoms with Crippen LogP contribution in [0, 0.1) is 0 Å². The second-order valence-corrected chi connectivity index (χ2v) is 9.06. The van der Waals surface area contributed by atoms with E-state index in [0.29, 0.717) is 23.4 Å². The van der Waals surface area contributed by atoms with Crippen molar-refractivity contribution in [3.8, 4) is 16.9 Å². The number of aromatic nitrogens is 1. The summed E-state index contributed by atoms with van der Waals surface area (Å²) in [6.45, 7) is 2.10. The molecule has 0 aliphatic heterocycles. The smallest absolute Gasteiger partial charge is 0.338 e. The summed E-state index contributed by atoms with van der Waals surface area (Å²) in [6, 6.07) is 27.3. The fourth-order valence-electron chi connectivity index (χ4n) is 4.86. The minimum atomic E-state index is -0.372. The normalized spacial score (nSPS) is 12.9. The van der Waals surface area contributed by atoms with E-state index < -0.39 is 0 Å². The van der Waals surface area contributed by atoms with Gasteiger partial charge in [-0.15, -0.1) is 0 Å². The summed E-state index contributed by atoms with van der Waals surface area (Å²) in [5, 5.41) is 2.91. The molecule has 1 aliphatic rings. The largest absolute Gasteiger partial charge is 0.462 e. The molecule has 0 atom stereocenters. The molecule has 36 heavy (non-hydrogen) atoms. The predicted octanol–water partition coefficient (Wildman–Crippen LogP) is 6.84. The average Bonchev–Trinajstić information content (AvgIpc) is 3.12. The van der Waals surface area contributed by atoms with Crippen LogP contribution in [0.15, 0.2) is 84.9 Å². The molecule has 1 aromatic heterocycles. The maximum absolute atomic E-state index is 12.9. The summed E-state index contributed by atoms with van der Waals surface area (Å²) in [4.78, 5) is 24.7. The Hall–Kier alpha value is -4.12. The number of carbonyl (C=O) groups is 2. The van der Waals surface area contributed by atoms with Crippen LogP contribution in [0.2, 0.25) is 0 Å². The van der Waals surface area contributed by atoms with E-state index in [1.165, 1.54) is 41.8 Å². The molecule has 1 amide bonds. The van der Waals surface area contributed by atoms with Gasteiger partial charge in [0.2, 0.25) is 0 Å². The first-order chi connectivity index (χ1) is 17.6. The zero-order valence-electron chi connectivity index (χ0n) is 20.5. The van der Waals surface area contributed by atoms with Gasteiger partial charge in [-0.25, -0.2) is 4.79 Å². The Morgan fingerprint density at radius 1 is 0.833 bits per heavy atom. The highest BCUT2D eigenvalue weighted by Gasteiger charge is 2.19. The number of esters is 1. The second-order valence-electron chi connectivity index (χ2n) is 9.06. The van der Waals surface area contributed by atoms with E-state index in [9.17, 15) is 9.59 Å². The molecule has 0 bridgehead atoms. The Bertz CT molecular complexity index is 1350. The van der Waals surface area contributed by atoms with Crippen LogP contribution in [0.5, 0.6) is 0 Å². The van der Waals surface area contributed by atoms with Crippen LogP contribution in [0.1, 0.15) is 58.2 Å². The zero-order valence-corrected chi connectivity index (χ0v) is 20.5. The van der Waals surface area contributed by atoms with Crippen molar-refractivity contribution in [1.82, 2.24) is 4.57 Å². The van der Waals surface area contributed by atoms with E-state index in [1.54, 1.807) is 31.2 Å². The van der Waals surface area contributed by atoms with E-state index >= 15 is 0 Å². The van der Waals surface area contributed by atoms with E-state index in [4.69, 9.17) is 4.74 Å². The quantitative estimate of drug-likeness (QED) is 0.244. The van der Waals surface area contributed by atoms with Crippen molar-refractivity contribution >= 4 is 17.6 Å². The maximum atomic E-state index is 12.9. The summed E-state index contributed by atoms with van der Waals surface area (Å²) in [7, 11) is 0. The number of ether oxygens (including phenoxy) is 1. The molecule has 1 heterocycles. The molecule has 3 aromatic carbocycles. The van der Waals surface area contributed by atoms with Gasteiger partial charge in [0.15, 0.2) is 0 Å². The van der Waals surface area contributed by atoms with E-state index in [0.717, 1.165) is 18.5 Å². The number of hydrogen-bond donors (Lipinski definition) is 1. The van der Waals surface area contributed by atoms with Gasteiger partial charge in [0.25, 0.3) is 5.91 Å². The molecule has 0 saturated carbocycles. The summed E-state index contributed by atoms with van der Waals surface area (Å²) in [6.07, 6.45) is 5.85. The van der Waals surface area contributed by atoms with Gasteiger partial charge in [-0.05, 0) is 98.3 Å². The Balaban J connectivity index is 1.39. The highest BCUT2D eigenvalue weighted by atomic mass is 16.5. The summed E-state index contributed by atoms with van der Waals surface area (Å²) < 4.78 is 7.38. The molecule has 5 rings (SSSR count). The van der Waals surface area contributed by atoms with Crippen molar-refractivity contribution in [2.24, 2.45) is 0 Å². The minimum absolute atomic E-state index is 0.194. The highest BCUT2D eigenvalue weighted by Crippen LogP contribution is 2.33. The molecule has 5 heteroatoms. The van der Waals surface area contributed by atoms with E-state index in [1.807, 2.05) is 30.3 Å². The number of aryl methyl sites for hydroxylation is 1. The molecule has 0 fully saturated rings. The van der Waals surface area contributed by atoms with Gasteiger partial charge < -0.3 is 14.6 Å². The summed E-state index contributed by atoms with van der Waals surface area (Å²) in [5.41, 5.74) is 7.92. The van der Waals surface area contributed by atoms with Gasteiger partial charge in [-0.3, -0.25) is 4.79 Å². The lowest BCUT2D eigenvalue weighted by Crippen LogP contribution is -2.12. The lowest BCUT2D eigenvalue weighted by Gasteiger charge is -2.15. The number of rotatable bonds is 6. The molecule has 0 saturated heterocycles. The first-order valence-corrected chi connectivity index (χ1v) is 12.6. The highest BCUT2D eigenvalue weighted by molar-refractivity contribution is 6.04. The Labute approximate surface area is 211 Å². The number of hydrogen-bond acceptors (Lipinski definition) is 3. The zero-order chi connectivity index (χ0) is 24.9. The van der Waals surface area contributed by atoms with E-state index in [2.05, 4.69) is 40.2 Å². The molecule has 1 aliphatic carbocycles. The lowest BCUT2D eigenvalue weighted by molar-refractivity contribution is 0.0526. The molecule has 0 radical (unpaired) electrons. The standard InChI is InChI=1S/C31H30N2O3/c1-2-36-31(35)24-13-17-26(18-14-24)32-30(34)23-15-19-27(20-16-23)33-28-12-8-4-7-11-25(28)21-29(33)22-9-5-3-6-10-22/h3,5-6,9-10,13-21H,2,4,7-8,11-12H2,1H3,(H,32,34). The van der Waals surface area contributed by atoms with Gasteiger partial charge in [-0.1, -0.05) is 36.8 Å². The van der Waals surface area contributed by atoms with Crippen molar-refractivity contribution in [2.75, 3.05) is 11.9 Å². The van der Waals surface area contributed by atoms with Gasteiger partial charge in [0, 0.05) is 22.6 Å². The first-order valence-electron chi connectivity index (χ1n) is 12.6. The number of amides is 1. The number of benzene rings is 3. The molecule has 0 spiro atoms. The van der Waals surface area contributed by atoms with Crippen LogP contribution in [0.3, 0.4) is 0 Å². The van der Waals surface area contributed by atoms with Crippen LogP contribution in [0.25, 0.3) is 16.9 Å². The van der Waals surface area contributed by atoms with Crippen LogP contribution >= 0.6 is 0 Å². The fourth-order valence-corrected chi connectivity index (χ4v) is 4.86. The molecule has 5 nitrogen and oxygen atoms in total. The Morgan fingerprint density at radius 2 is 1.53 bits per heavy atom. The number of carbonyl (C=O) groups excluding carboxylic acids is 2. The molecular weight excluding hydrogens is 448 g/mol. The molecule has 182 valence electrons. The topological polar surface area (TPSA) is 60.3 Å². The fraction of sp³-hybridized carbons (Fsp3) is 0.226. The third kappa shape index (κ3) is 4.96. The maximum Gasteiger partial charge on any atom is 0.338 e. The lowest BCUT2D eigenvalue weighted by atomic mass is 10.1. The van der Waals surface area contributed by atoms with Crippen molar-refractivity contribution < 1.29 is 14.3 Å². The van der Waals surface area contributed by atoms with Gasteiger partial charge in [-0.2, -0.15) is 0 Å². The Morgan fingerprint density at radius 3 is 2.25 bits per heavy atom. The molecule has 0 unspecified atom stereocenters. The number of anilines is 1. The van der Waals surface area contributed by atoms with Crippen molar-refractivity contribution in [3.63, 3.8) is 0 Å². The molecule has 1 N–H and O–H groups in total. The third-order valence-electron chi connectivity index (χ3n) is 6.66. The molecular formula is C31H30N2O3. The number of fused-ring (bicyclic) bond motifs is 1. The van der Waals surface area contributed by atoms with Crippen molar-refractivity contribution in [3.05, 3.63) is 107 Å². The third-order valence-corrected chi connectivity index (χ3v) is 6.66. The van der Waals surface area contributed by atoms with Crippen LogP contribution in [0.4, 0.5) is 5.69 Å². The number of nitrogens with zero attached hydrogens (tertiary/aromatic N) is 1. The van der Waals surface area contributed by atoms with E-state index in [-0.39, 0.29) is 11.9 Å². The van der Waals surface area contributed by atoms with Crippen LogP contribution < -0.4 is 5.32 Å². The van der Waals surface area contributed by atoms with Crippen LogP contribution in [-0.2, 0) is 17.6 Å². The second kappa shape index (κ2) is 10.6. The predicted molar refractivity (Wildman–Crippen MR) is 143 cm³/mol. The van der Waals surface area contributed by atoms with Crippen molar-refractivity contribution in [1.29, 1.82) is 0 Å².